The lowest BCUT2D eigenvalue weighted by atomic mass is 10.2. The minimum atomic E-state index is -1.19. The van der Waals surface area contributed by atoms with Crippen LogP contribution in [0.1, 0.15) is 17.0 Å². The van der Waals surface area contributed by atoms with Crippen molar-refractivity contribution in [3.63, 3.8) is 0 Å². The minimum absolute atomic E-state index is 0.0399. The van der Waals surface area contributed by atoms with Crippen LogP contribution in [0.2, 0.25) is 0 Å². The Hall–Kier alpha value is -1.82. The van der Waals surface area contributed by atoms with Crippen LogP contribution >= 0.6 is 0 Å². The van der Waals surface area contributed by atoms with Crippen molar-refractivity contribution in [2.24, 2.45) is 0 Å². The van der Waals surface area contributed by atoms with Crippen molar-refractivity contribution >= 4 is 11.9 Å². The zero-order valence-electron chi connectivity index (χ0n) is 7.84. The summed E-state index contributed by atoms with van der Waals surface area (Å²) >= 11 is 0. The number of hydrogen-bond donors (Lipinski definition) is 3. The monoisotopic (exact) mass is 213 g/mol. The van der Waals surface area contributed by atoms with Crippen molar-refractivity contribution in [3.8, 4) is 0 Å². The Morgan fingerprint density at radius 2 is 2.27 bits per heavy atom. The average molecular weight is 213 g/mol. The number of carbonyl (C=O) groups is 2. The van der Waals surface area contributed by atoms with Crippen molar-refractivity contribution < 1.29 is 24.2 Å². The molecule has 0 aromatic carbocycles. The molecule has 0 fully saturated rings. The number of hydrogen-bond acceptors (Lipinski definition) is 4. The smallest absolute Gasteiger partial charge is 0.326 e. The van der Waals surface area contributed by atoms with Gasteiger partial charge in [-0.15, -0.1) is 0 Å². The fourth-order valence-electron chi connectivity index (χ4n) is 1.02. The molecule has 1 aromatic rings. The molecule has 0 saturated heterocycles. The molecular formula is C9H11NO5. The summed E-state index contributed by atoms with van der Waals surface area (Å²) in [6.07, 6.45) is 1.28. The van der Waals surface area contributed by atoms with Crippen LogP contribution in [-0.2, 0) is 4.79 Å². The fraction of sp³-hybridized carbons (Fsp3) is 0.333. The van der Waals surface area contributed by atoms with Gasteiger partial charge >= 0.3 is 5.97 Å². The van der Waals surface area contributed by atoms with E-state index in [1.165, 1.54) is 18.4 Å². The van der Waals surface area contributed by atoms with Gasteiger partial charge in [-0.25, -0.2) is 4.79 Å². The van der Waals surface area contributed by atoms with Gasteiger partial charge in [0.1, 0.15) is 6.04 Å². The molecule has 1 atom stereocenters. The highest BCUT2D eigenvalue weighted by molar-refractivity contribution is 5.94. The van der Waals surface area contributed by atoms with E-state index in [9.17, 15) is 9.59 Å². The summed E-state index contributed by atoms with van der Waals surface area (Å²) in [5.74, 6) is -1.76. The first-order valence-corrected chi connectivity index (χ1v) is 4.33. The van der Waals surface area contributed by atoms with Gasteiger partial charge in [0.25, 0.3) is 5.91 Å². The molecule has 1 aromatic heterocycles. The second-order valence-corrected chi connectivity index (χ2v) is 2.85. The van der Waals surface area contributed by atoms with E-state index in [1.54, 1.807) is 0 Å². The zero-order valence-corrected chi connectivity index (χ0v) is 7.84. The average Bonchev–Trinajstić information content (AvgIpc) is 2.69. The molecule has 6 nitrogen and oxygen atoms in total. The maximum atomic E-state index is 11.3. The molecule has 0 aliphatic rings. The highest BCUT2D eigenvalue weighted by atomic mass is 16.4. The van der Waals surface area contributed by atoms with E-state index in [0.29, 0.717) is 0 Å². The Morgan fingerprint density at radius 3 is 2.73 bits per heavy atom. The SMILES string of the molecule is O=C(N[C@H](CCO)C(=O)O)c1ccco1. The molecular weight excluding hydrogens is 202 g/mol. The standard InChI is InChI=1S/C9H11NO5/c11-4-3-6(9(13)14)10-8(12)7-2-1-5-15-7/h1-2,5-6,11H,3-4H2,(H,10,12)(H,13,14)/t6-/m1/s1. The topological polar surface area (TPSA) is 99.8 Å². The van der Waals surface area contributed by atoms with Gasteiger partial charge in [0.05, 0.1) is 6.26 Å². The Labute approximate surface area is 85.5 Å². The lowest BCUT2D eigenvalue weighted by Gasteiger charge is -2.11. The van der Waals surface area contributed by atoms with Crippen molar-refractivity contribution in [1.82, 2.24) is 5.32 Å². The number of rotatable bonds is 5. The number of carbonyl (C=O) groups excluding carboxylic acids is 1. The number of carboxylic acid groups (broad SMARTS) is 1. The lowest BCUT2D eigenvalue weighted by molar-refractivity contribution is -0.139. The van der Waals surface area contributed by atoms with E-state index in [2.05, 4.69) is 5.32 Å². The van der Waals surface area contributed by atoms with Crippen LogP contribution in [0.25, 0.3) is 0 Å². The Bertz CT molecular complexity index is 332. The van der Waals surface area contributed by atoms with Gasteiger partial charge in [-0.3, -0.25) is 4.79 Å². The molecule has 0 saturated carbocycles. The van der Waals surface area contributed by atoms with Gasteiger partial charge in [0, 0.05) is 13.0 Å². The largest absolute Gasteiger partial charge is 0.480 e. The summed E-state index contributed by atoms with van der Waals surface area (Å²) in [5.41, 5.74) is 0. The van der Waals surface area contributed by atoms with Crippen LogP contribution in [0.4, 0.5) is 0 Å². The van der Waals surface area contributed by atoms with E-state index < -0.39 is 17.9 Å². The van der Waals surface area contributed by atoms with Crippen LogP contribution in [0.15, 0.2) is 22.8 Å². The molecule has 0 aliphatic carbocycles. The third-order valence-electron chi connectivity index (χ3n) is 1.77. The van der Waals surface area contributed by atoms with Gasteiger partial charge < -0.3 is 19.9 Å². The summed E-state index contributed by atoms with van der Waals surface area (Å²) in [5, 5.41) is 19.5. The molecule has 0 aliphatic heterocycles. The molecule has 0 bridgehead atoms. The quantitative estimate of drug-likeness (QED) is 0.631. The molecule has 0 radical (unpaired) electrons. The van der Waals surface area contributed by atoms with Crippen LogP contribution < -0.4 is 5.32 Å². The zero-order chi connectivity index (χ0) is 11.3. The lowest BCUT2D eigenvalue weighted by Crippen LogP contribution is -2.41. The molecule has 6 heteroatoms. The Balaban J connectivity index is 2.59. The summed E-state index contributed by atoms with van der Waals surface area (Å²) < 4.78 is 4.79. The van der Waals surface area contributed by atoms with Crippen LogP contribution in [-0.4, -0.2) is 34.7 Å². The van der Waals surface area contributed by atoms with E-state index in [1.807, 2.05) is 0 Å². The van der Waals surface area contributed by atoms with Crippen molar-refractivity contribution in [3.05, 3.63) is 24.2 Å². The molecule has 0 unspecified atom stereocenters. The van der Waals surface area contributed by atoms with Gasteiger partial charge in [0.15, 0.2) is 5.76 Å². The van der Waals surface area contributed by atoms with Gasteiger partial charge in [-0.1, -0.05) is 0 Å². The molecule has 1 rings (SSSR count). The summed E-state index contributed by atoms with van der Waals surface area (Å²) in [7, 11) is 0. The van der Waals surface area contributed by atoms with Gasteiger partial charge in [-0.05, 0) is 12.1 Å². The summed E-state index contributed by atoms with van der Waals surface area (Å²) in [6, 6.07) is 1.84. The van der Waals surface area contributed by atoms with Gasteiger partial charge in [-0.2, -0.15) is 0 Å². The first-order valence-electron chi connectivity index (χ1n) is 4.33. The molecule has 82 valence electrons. The first-order chi connectivity index (χ1) is 7.15. The predicted octanol–water partition coefficient (Wildman–Crippen LogP) is -0.155. The van der Waals surface area contributed by atoms with Crippen LogP contribution in [0.3, 0.4) is 0 Å². The Morgan fingerprint density at radius 1 is 1.53 bits per heavy atom. The van der Waals surface area contributed by atoms with E-state index in [-0.39, 0.29) is 18.8 Å². The van der Waals surface area contributed by atoms with Crippen molar-refractivity contribution in [2.45, 2.75) is 12.5 Å². The maximum Gasteiger partial charge on any atom is 0.326 e. The van der Waals surface area contributed by atoms with Gasteiger partial charge in [0.2, 0.25) is 0 Å². The summed E-state index contributed by atoms with van der Waals surface area (Å²) in [6.45, 7) is -0.310. The van der Waals surface area contributed by atoms with Crippen molar-refractivity contribution in [1.29, 1.82) is 0 Å². The number of carboxylic acids is 1. The highest BCUT2D eigenvalue weighted by Gasteiger charge is 2.20. The molecule has 15 heavy (non-hydrogen) atoms. The fourth-order valence-corrected chi connectivity index (χ4v) is 1.02. The molecule has 3 N–H and O–H groups in total. The predicted molar refractivity (Wildman–Crippen MR) is 49.3 cm³/mol. The number of aliphatic carboxylic acids is 1. The van der Waals surface area contributed by atoms with Crippen LogP contribution in [0.5, 0.6) is 0 Å². The minimum Gasteiger partial charge on any atom is -0.480 e. The van der Waals surface area contributed by atoms with E-state index in [4.69, 9.17) is 14.6 Å². The number of aliphatic hydroxyl groups is 1. The second kappa shape index (κ2) is 5.16. The summed E-state index contributed by atoms with van der Waals surface area (Å²) in [4.78, 5) is 22.0. The molecule has 0 spiro atoms. The number of amides is 1. The second-order valence-electron chi connectivity index (χ2n) is 2.85. The van der Waals surface area contributed by atoms with Crippen LogP contribution in [0, 0.1) is 0 Å². The number of aliphatic hydroxyl groups excluding tert-OH is 1. The molecule has 1 heterocycles. The Kier molecular flexibility index (Phi) is 3.87. The van der Waals surface area contributed by atoms with Crippen molar-refractivity contribution in [2.75, 3.05) is 6.61 Å². The molecule has 1 amide bonds. The normalized spacial score (nSPS) is 12.1. The van der Waals surface area contributed by atoms with E-state index >= 15 is 0 Å². The number of furan rings is 1. The maximum absolute atomic E-state index is 11.3. The first kappa shape index (κ1) is 11.3. The highest BCUT2D eigenvalue weighted by Crippen LogP contribution is 2.01. The third-order valence-corrected chi connectivity index (χ3v) is 1.77. The van der Waals surface area contributed by atoms with E-state index in [0.717, 1.165) is 0 Å². The third kappa shape index (κ3) is 3.10. The number of nitrogens with one attached hydrogen (secondary N) is 1.